The molecule has 0 N–H and O–H groups in total. The van der Waals surface area contributed by atoms with Crippen molar-refractivity contribution in [3.05, 3.63) is 54.6 Å². The third-order valence-electron chi connectivity index (χ3n) is 3.15. The molecule has 1 aromatic rings. The first-order valence-corrected chi connectivity index (χ1v) is 8.01. The van der Waals surface area contributed by atoms with Gasteiger partial charge in [0.2, 0.25) is 0 Å². The highest BCUT2D eigenvalue weighted by atomic mass is 32.2. The fraction of sp³-hybridized carbons (Fsp3) is 0.375. The highest BCUT2D eigenvalue weighted by molar-refractivity contribution is 7.92. The highest BCUT2D eigenvalue weighted by Gasteiger charge is 2.27. The van der Waals surface area contributed by atoms with E-state index < -0.39 is 15.1 Å². The zero-order valence-electron chi connectivity index (χ0n) is 11.7. The summed E-state index contributed by atoms with van der Waals surface area (Å²) in [7, 11) is -3.33. The zero-order chi connectivity index (χ0) is 14.5. The highest BCUT2D eigenvalue weighted by Crippen LogP contribution is 2.25. The van der Waals surface area contributed by atoms with Gasteiger partial charge in [0.15, 0.2) is 9.84 Å². The number of hydrogen-bond acceptors (Lipinski definition) is 2. The van der Waals surface area contributed by atoms with Crippen molar-refractivity contribution in [1.29, 1.82) is 0 Å². The Kier molecular flexibility index (Phi) is 5.55. The van der Waals surface area contributed by atoms with E-state index in [4.69, 9.17) is 0 Å². The standard InChI is InChI=1S/C16H22O2S/c1-5-6-7-8-16(13(2)3)19(17,18)15-11-9-14(4)10-12-15/h5,9-12,16H,1-2,6-8H2,3-4H3/t16-/m0/s1. The number of aryl methyl sites for hydroxylation is 1. The summed E-state index contributed by atoms with van der Waals surface area (Å²) in [4.78, 5) is 0.379. The van der Waals surface area contributed by atoms with Crippen LogP contribution in [0, 0.1) is 6.92 Å². The Labute approximate surface area is 116 Å². The summed E-state index contributed by atoms with van der Waals surface area (Å²) in [6.45, 7) is 11.2. The van der Waals surface area contributed by atoms with Crippen LogP contribution < -0.4 is 0 Å². The van der Waals surface area contributed by atoms with Gasteiger partial charge in [0, 0.05) is 0 Å². The van der Waals surface area contributed by atoms with E-state index >= 15 is 0 Å². The average molecular weight is 278 g/mol. The van der Waals surface area contributed by atoms with E-state index in [9.17, 15) is 8.42 Å². The van der Waals surface area contributed by atoms with Crippen molar-refractivity contribution in [1.82, 2.24) is 0 Å². The lowest BCUT2D eigenvalue weighted by atomic mass is 10.1. The molecule has 0 aromatic heterocycles. The SMILES string of the molecule is C=CCCC[C@@H](C(=C)C)S(=O)(=O)c1ccc(C)cc1. The predicted molar refractivity (Wildman–Crippen MR) is 81.0 cm³/mol. The third kappa shape index (κ3) is 4.06. The summed E-state index contributed by atoms with van der Waals surface area (Å²) in [6.07, 6.45) is 4.05. The van der Waals surface area contributed by atoms with Crippen LogP contribution in [0.1, 0.15) is 31.7 Å². The quantitative estimate of drug-likeness (QED) is 0.556. The van der Waals surface area contributed by atoms with Crippen LogP contribution in [0.4, 0.5) is 0 Å². The number of sulfone groups is 1. The van der Waals surface area contributed by atoms with Gasteiger partial charge in [0.05, 0.1) is 10.1 Å². The first kappa shape index (κ1) is 15.7. The molecule has 0 unspecified atom stereocenters. The van der Waals surface area contributed by atoms with Crippen LogP contribution in [0.2, 0.25) is 0 Å². The second-order valence-corrected chi connectivity index (χ2v) is 7.04. The molecule has 0 fully saturated rings. The van der Waals surface area contributed by atoms with Crippen molar-refractivity contribution >= 4 is 9.84 Å². The first-order chi connectivity index (χ1) is 8.89. The van der Waals surface area contributed by atoms with Gasteiger partial charge >= 0.3 is 0 Å². The maximum absolute atomic E-state index is 12.6. The predicted octanol–water partition coefficient (Wildman–Crippen LogP) is 4.07. The van der Waals surface area contributed by atoms with Crippen LogP contribution in [0.5, 0.6) is 0 Å². The van der Waals surface area contributed by atoms with Crippen LogP contribution in [0.25, 0.3) is 0 Å². The van der Waals surface area contributed by atoms with Crippen LogP contribution in [-0.4, -0.2) is 13.7 Å². The van der Waals surface area contributed by atoms with Gasteiger partial charge < -0.3 is 0 Å². The molecule has 0 saturated carbocycles. The van der Waals surface area contributed by atoms with E-state index in [1.54, 1.807) is 19.1 Å². The molecule has 0 radical (unpaired) electrons. The van der Waals surface area contributed by atoms with Gasteiger partial charge in [-0.15, -0.1) is 6.58 Å². The van der Waals surface area contributed by atoms with E-state index in [1.807, 2.05) is 25.1 Å². The maximum atomic E-state index is 12.6. The molecule has 19 heavy (non-hydrogen) atoms. The van der Waals surface area contributed by atoms with E-state index in [0.717, 1.165) is 18.4 Å². The molecule has 0 spiro atoms. The smallest absolute Gasteiger partial charge is 0.185 e. The fourth-order valence-electron chi connectivity index (χ4n) is 2.01. The Bertz CT molecular complexity index is 539. The van der Waals surface area contributed by atoms with E-state index in [0.29, 0.717) is 16.9 Å². The van der Waals surface area contributed by atoms with Gasteiger partial charge in [-0.05, 0) is 45.2 Å². The van der Waals surface area contributed by atoms with Crippen LogP contribution in [-0.2, 0) is 9.84 Å². The Balaban J connectivity index is 3.02. The summed E-state index contributed by atoms with van der Waals surface area (Å²) < 4.78 is 25.2. The summed E-state index contributed by atoms with van der Waals surface area (Å²) in [5.41, 5.74) is 1.75. The molecule has 3 heteroatoms. The Hall–Kier alpha value is -1.35. The minimum Gasteiger partial charge on any atom is -0.223 e. The van der Waals surface area contributed by atoms with Gasteiger partial charge in [-0.1, -0.05) is 35.9 Å². The molecule has 0 bridgehead atoms. The second-order valence-electron chi connectivity index (χ2n) is 4.91. The monoisotopic (exact) mass is 278 g/mol. The van der Waals surface area contributed by atoms with E-state index in [2.05, 4.69) is 13.2 Å². The molecular weight excluding hydrogens is 256 g/mol. The number of benzene rings is 1. The average Bonchev–Trinajstić information content (AvgIpc) is 2.34. The normalized spacial score (nSPS) is 12.9. The van der Waals surface area contributed by atoms with Crippen LogP contribution in [0.15, 0.2) is 54.0 Å². The minimum absolute atomic E-state index is 0.379. The number of hydrogen-bond donors (Lipinski definition) is 0. The minimum atomic E-state index is -3.33. The van der Waals surface area contributed by atoms with Crippen molar-refractivity contribution < 1.29 is 8.42 Å². The molecule has 0 aliphatic carbocycles. The lowest BCUT2D eigenvalue weighted by Crippen LogP contribution is -2.22. The zero-order valence-corrected chi connectivity index (χ0v) is 12.5. The van der Waals surface area contributed by atoms with Crippen LogP contribution in [0.3, 0.4) is 0 Å². The topological polar surface area (TPSA) is 34.1 Å². The lowest BCUT2D eigenvalue weighted by molar-refractivity contribution is 0.577. The van der Waals surface area contributed by atoms with Crippen molar-refractivity contribution in [3.63, 3.8) is 0 Å². The largest absolute Gasteiger partial charge is 0.223 e. The van der Waals surface area contributed by atoms with Crippen molar-refractivity contribution in [2.75, 3.05) is 0 Å². The molecule has 104 valence electrons. The Morgan fingerprint density at radius 2 is 1.89 bits per heavy atom. The van der Waals surface area contributed by atoms with Crippen molar-refractivity contribution in [2.45, 2.75) is 43.3 Å². The van der Waals surface area contributed by atoms with E-state index in [-0.39, 0.29) is 0 Å². The maximum Gasteiger partial charge on any atom is 0.185 e. The number of unbranched alkanes of at least 4 members (excludes halogenated alkanes) is 1. The molecule has 1 rings (SSSR count). The Morgan fingerprint density at radius 1 is 1.32 bits per heavy atom. The lowest BCUT2D eigenvalue weighted by Gasteiger charge is -2.17. The molecular formula is C16H22O2S. The first-order valence-electron chi connectivity index (χ1n) is 6.46. The van der Waals surface area contributed by atoms with Gasteiger partial charge in [-0.3, -0.25) is 0 Å². The summed E-state index contributed by atoms with van der Waals surface area (Å²) >= 11 is 0. The Morgan fingerprint density at radius 3 is 2.37 bits per heavy atom. The number of rotatable bonds is 7. The molecule has 1 atom stereocenters. The molecule has 0 aliphatic rings. The van der Waals surface area contributed by atoms with Gasteiger partial charge in [-0.2, -0.15) is 0 Å². The second kappa shape index (κ2) is 6.71. The molecule has 0 aliphatic heterocycles. The molecule has 2 nitrogen and oxygen atoms in total. The van der Waals surface area contributed by atoms with Crippen molar-refractivity contribution in [3.8, 4) is 0 Å². The van der Waals surface area contributed by atoms with Gasteiger partial charge in [0.25, 0.3) is 0 Å². The molecule has 1 aromatic carbocycles. The molecule has 0 amide bonds. The van der Waals surface area contributed by atoms with Gasteiger partial charge in [0.1, 0.15) is 0 Å². The number of allylic oxidation sites excluding steroid dienone is 1. The fourth-order valence-corrected chi connectivity index (χ4v) is 3.86. The van der Waals surface area contributed by atoms with Crippen molar-refractivity contribution in [2.24, 2.45) is 0 Å². The molecule has 0 saturated heterocycles. The summed E-state index contributed by atoms with van der Waals surface area (Å²) in [6, 6.07) is 7.00. The van der Waals surface area contributed by atoms with Gasteiger partial charge in [-0.25, -0.2) is 8.42 Å². The molecule has 0 heterocycles. The van der Waals surface area contributed by atoms with E-state index in [1.165, 1.54) is 0 Å². The third-order valence-corrected chi connectivity index (χ3v) is 5.46. The summed E-state index contributed by atoms with van der Waals surface area (Å²) in [5.74, 6) is 0. The van der Waals surface area contributed by atoms with Crippen LogP contribution >= 0.6 is 0 Å². The summed E-state index contributed by atoms with van der Waals surface area (Å²) in [5, 5.41) is -0.504.